The number of carbonyl (C=O) groups is 1. The molecule has 5 nitrogen and oxygen atoms in total. The smallest absolute Gasteiger partial charge is 0.323 e. The predicted molar refractivity (Wildman–Crippen MR) is 67.2 cm³/mol. The minimum Gasteiger partial charge on any atom is -0.324 e. The molecule has 0 unspecified atom stereocenters. The monoisotopic (exact) mass is 248 g/mol. The van der Waals surface area contributed by atoms with E-state index in [0.717, 1.165) is 36.1 Å². The average molecular weight is 248 g/mol. The molecular weight excluding hydrogens is 236 g/mol. The van der Waals surface area contributed by atoms with Crippen LogP contribution >= 0.6 is 11.3 Å². The van der Waals surface area contributed by atoms with Crippen LogP contribution in [-0.4, -0.2) is 34.0 Å². The second kappa shape index (κ2) is 4.29. The maximum Gasteiger partial charge on any atom is 0.323 e. The summed E-state index contributed by atoms with van der Waals surface area (Å²) >= 11 is 1.47. The second-order valence-corrected chi connectivity index (χ2v) is 5.02. The number of nitrogens with one attached hydrogen (secondary N) is 1. The van der Waals surface area contributed by atoms with Gasteiger partial charge in [-0.1, -0.05) is 11.3 Å². The van der Waals surface area contributed by atoms with Crippen molar-refractivity contribution in [1.29, 1.82) is 0 Å². The summed E-state index contributed by atoms with van der Waals surface area (Å²) in [5, 5.41) is 3.48. The van der Waals surface area contributed by atoms with Crippen LogP contribution in [0.5, 0.6) is 0 Å². The zero-order chi connectivity index (χ0) is 11.7. The molecule has 88 valence electrons. The summed E-state index contributed by atoms with van der Waals surface area (Å²) < 4.78 is 1.04. The van der Waals surface area contributed by atoms with Gasteiger partial charge in [-0.05, 0) is 18.9 Å². The number of amides is 2. The van der Waals surface area contributed by atoms with Gasteiger partial charge in [0.05, 0.1) is 10.9 Å². The second-order valence-electron chi connectivity index (χ2n) is 3.99. The van der Waals surface area contributed by atoms with Gasteiger partial charge in [-0.15, -0.1) is 0 Å². The van der Waals surface area contributed by atoms with Gasteiger partial charge in [0, 0.05) is 19.3 Å². The van der Waals surface area contributed by atoms with Crippen molar-refractivity contribution in [3.63, 3.8) is 0 Å². The quantitative estimate of drug-likeness (QED) is 0.842. The lowest BCUT2D eigenvalue weighted by Gasteiger charge is -2.14. The van der Waals surface area contributed by atoms with Crippen molar-refractivity contribution in [3.05, 3.63) is 18.5 Å². The van der Waals surface area contributed by atoms with E-state index in [2.05, 4.69) is 15.3 Å². The molecule has 0 aromatic carbocycles. The van der Waals surface area contributed by atoms with E-state index in [1.807, 2.05) is 11.0 Å². The summed E-state index contributed by atoms with van der Waals surface area (Å²) in [5.41, 5.74) is 0.828. The van der Waals surface area contributed by atoms with E-state index in [4.69, 9.17) is 0 Å². The first-order valence-corrected chi connectivity index (χ1v) is 6.41. The van der Waals surface area contributed by atoms with Crippen molar-refractivity contribution in [2.75, 3.05) is 18.4 Å². The molecule has 2 aromatic heterocycles. The molecule has 17 heavy (non-hydrogen) atoms. The SMILES string of the molecule is O=C(Nc1nc2cnccc2s1)N1CCCC1. The van der Waals surface area contributed by atoms with Gasteiger partial charge >= 0.3 is 6.03 Å². The summed E-state index contributed by atoms with van der Waals surface area (Å²) in [5.74, 6) is 0. The van der Waals surface area contributed by atoms with Crippen molar-refractivity contribution >= 4 is 32.7 Å². The molecule has 0 radical (unpaired) electrons. The molecule has 0 bridgehead atoms. The molecule has 1 aliphatic heterocycles. The Hall–Kier alpha value is -1.69. The number of nitrogens with zero attached hydrogens (tertiary/aromatic N) is 3. The Bertz CT molecular complexity index is 514. The maximum absolute atomic E-state index is 11.9. The topological polar surface area (TPSA) is 58.1 Å². The highest BCUT2D eigenvalue weighted by Crippen LogP contribution is 2.25. The van der Waals surface area contributed by atoms with Crippen molar-refractivity contribution in [1.82, 2.24) is 14.9 Å². The zero-order valence-corrected chi connectivity index (χ0v) is 10.0. The zero-order valence-electron chi connectivity index (χ0n) is 9.22. The van der Waals surface area contributed by atoms with Gasteiger partial charge in [-0.25, -0.2) is 9.78 Å². The molecule has 0 spiro atoms. The summed E-state index contributed by atoms with van der Waals surface area (Å²) in [4.78, 5) is 22.0. The molecule has 0 saturated carbocycles. The van der Waals surface area contributed by atoms with E-state index >= 15 is 0 Å². The van der Waals surface area contributed by atoms with Gasteiger partial charge in [-0.3, -0.25) is 10.3 Å². The van der Waals surface area contributed by atoms with E-state index < -0.39 is 0 Å². The van der Waals surface area contributed by atoms with Crippen molar-refractivity contribution in [3.8, 4) is 0 Å². The molecule has 6 heteroatoms. The molecule has 1 saturated heterocycles. The predicted octanol–water partition coefficient (Wildman–Crippen LogP) is 2.32. The fourth-order valence-electron chi connectivity index (χ4n) is 1.92. The van der Waals surface area contributed by atoms with Crippen LogP contribution in [0.2, 0.25) is 0 Å². The number of carbonyl (C=O) groups excluding carboxylic acids is 1. The molecule has 2 aromatic rings. The lowest BCUT2D eigenvalue weighted by molar-refractivity contribution is 0.222. The van der Waals surface area contributed by atoms with Crippen molar-refractivity contribution < 1.29 is 4.79 Å². The van der Waals surface area contributed by atoms with E-state index in [-0.39, 0.29) is 6.03 Å². The van der Waals surface area contributed by atoms with E-state index in [1.54, 1.807) is 12.4 Å². The molecule has 3 rings (SSSR count). The minimum atomic E-state index is -0.0467. The number of hydrogen-bond acceptors (Lipinski definition) is 4. The summed E-state index contributed by atoms with van der Waals surface area (Å²) in [6.45, 7) is 1.69. The molecule has 3 heterocycles. The number of pyridine rings is 1. The largest absolute Gasteiger partial charge is 0.324 e. The Morgan fingerprint density at radius 3 is 3.00 bits per heavy atom. The Kier molecular flexibility index (Phi) is 2.64. The third-order valence-corrected chi connectivity index (χ3v) is 3.75. The highest BCUT2D eigenvalue weighted by atomic mass is 32.1. The maximum atomic E-state index is 11.9. The fourth-order valence-corrected chi connectivity index (χ4v) is 2.75. The Labute approximate surface area is 102 Å². The number of rotatable bonds is 1. The lowest BCUT2D eigenvalue weighted by atomic mass is 10.4. The third-order valence-electron chi connectivity index (χ3n) is 2.80. The normalized spacial score (nSPS) is 15.4. The van der Waals surface area contributed by atoms with Gasteiger partial charge in [0.25, 0.3) is 0 Å². The molecule has 1 aliphatic rings. The first kappa shape index (κ1) is 10.5. The van der Waals surface area contributed by atoms with Gasteiger partial charge < -0.3 is 4.90 Å². The van der Waals surface area contributed by atoms with Gasteiger partial charge in [0.1, 0.15) is 5.52 Å². The van der Waals surface area contributed by atoms with E-state index in [1.165, 1.54) is 11.3 Å². The van der Waals surface area contributed by atoms with Crippen LogP contribution in [0.3, 0.4) is 0 Å². The standard InChI is InChI=1S/C11H12N4OS/c16-11(15-5-1-2-6-15)14-10-13-8-7-12-4-3-9(8)17-10/h3-4,7H,1-2,5-6H2,(H,13,14,16). The number of fused-ring (bicyclic) bond motifs is 1. The van der Waals surface area contributed by atoms with Gasteiger partial charge in [-0.2, -0.15) is 0 Å². The molecule has 2 amide bonds. The number of thiazole rings is 1. The first-order valence-electron chi connectivity index (χ1n) is 5.59. The Morgan fingerprint density at radius 2 is 2.24 bits per heavy atom. The minimum absolute atomic E-state index is 0.0467. The van der Waals surface area contributed by atoms with E-state index in [9.17, 15) is 4.79 Å². The number of anilines is 1. The fraction of sp³-hybridized carbons (Fsp3) is 0.364. The Balaban J connectivity index is 1.77. The van der Waals surface area contributed by atoms with Crippen LogP contribution in [-0.2, 0) is 0 Å². The van der Waals surface area contributed by atoms with E-state index in [0.29, 0.717) is 5.13 Å². The number of aromatic nitrogens is 2. The van der Waals surface area contributed by atoms with Gasteiger partial charge in [0.2, 0.25) is 0 Å². The molecular formula is C11H12N4OS. The molecule has 0 atom stereocenters. The molecule has 1 fully saturated rings. The summed E-state index contributed by atoms with van der Waals surface area (Å²) in [7, 11) is 0. The van der Waals surface area contributed by atoms with Crippen molar-refractivity contribution in [2.45, 2.75) is 12.8 Å². The molecule has 0 aliphatic carbocycles. The first-order chi connectivity index (χ1) is 8.33. The van der Waals surface area contributed by atoms with Crippen LogP contribution < -0.4 is 5.32 Å². The van der Waals surface area contributed by atoms with Crippen molar-refractivity contribution in [2.24, 2.45) is 0 Å². The highest BCUT2D eigenvalue weighted by Gasteiger charge is 2.18. The highest BCUT2D eigenvalue weighted by molar-refractivity contribution is 7.22. The van der Waals surface area contributed by atoms with Crippen LogP contribution in [0.15, 0.2) is 18.5 Å². The van der Waals surface area contributed by atoms with Crippen LogP contribution in [0, 0.1) is 0 Å². The lowest BCUT2D eigenvalue weighted by Crippen LogP contribution is -2.32. The van der Waals surface area contributed by atoms with Crippen LogP contribution in [0.1, 0.15) is 12.8 Å². The summed E-state index contributed by atoms with van der Waals surface area (Å²) in [6.07, 6.45) is 5.62. The van der Waals surface area contributed by atoms with Gasteiger partial charge in [0.15, 0.2) is 5.13 Å². The average Bonchev–Trinajstić information content (AvgIpc) is 2.97. The third kappa shape index (κ3) is 2.08. The number of urea groups is 1. The molecule has 1 N–H and O–H groups in total. The van der Waals surface area contributed by atoms with Crippen LogP contribution in [0.25, 0.3) is 10.2 Å². The Morgan fingerprint density at radius 1 is 1.41 bits per heavy atom. The summed E-state index contributed by atoms with van der Waals surface area (Å²) in [6, 6.07) is 1.85. The number of hydrogen-bond donors (Lipinski definition) is 1. The number of likely N-dealkylation sites (tertiary alicyclic amines) is 1. The van der Waals surface area contributed by atoms with Crippen LogP contribution in [0.4, 0.5) is 9.93 Å².